The van der Waals surface area contributed by atoms with Crippen LogP contribution in [0.5, 0.6) is 11.5 Å². The Balaban J connectivity index is 1.89. The van der Waals surface area contributed by atoms with Gasteiger partial charge in [-0.1, -0.05) is 30.9 Å². The molecule has 2 heterocycles. The smallest absolute Gasteiger partial charge is 0.290 e. The van der Waals surface area contributed by atoms with Crippen LogP contribution in [-0.2, 0) is 4.74 Å². The first kappa shape index (κ1) is 21.6. The second-order valence-corrected chi connectivity index (χ2v) is 7.30. The van der Waals surface area contributed by atoms with Crippen molar-refractivity contribution in [2.45, 2.75) is 13.0 Å². The van der Waals surface area contributed by atoms with E-state index in [1.54, 1.807) is 48.4 Å². The van der Waals surface area contributed by atoms with Crippen molar-refractivity contribution in [1.29, 1.82) is 0 Å². The van der Waals surface area contributed by atoms with Crippen LogP contribution in [0.2, 0.25) is 0 Å². The topological polar surface area (TPSA) is 78.2 Å². The van der Waals surface area contributed by atoms with E-state index in [1.807, 2.05) is 19.1 Å². The lowest BCUT2D eigenvalue weighted by molar-refractivity contribution is 0.0663. The highest BCUT2D eigenvalue weighted by Crippen LogP contribution is 2.40. The van der Waals surface area contributed by atoms with E-state index in [0.29, 0.717) is 54.4 Å². The number of para-hydroxylation sites is 1. The van der Waals surface area contributed by atoms with E-state index >= 15 is 0 Å². The second kappa shape index (κ2) is 9.28. The molecule has 0 bridgehead atoms. The summed E-state index contributed by atoms with van der Waals surface area (Å²) in [4.78, 5) is 28.3. The summed E-state index contributed by atoms with van der Waals surface area (Å²) in [5, 5.41) is 0.439. The van der Waals surface area contributed by atoms with E-state index in [2.05, 4.69) is 6.58 Å². The number of benzene rings is 2. The molecule has 1 aromatic heterocycles. The van der Waals surface area contributed by atoms with Gasteiger partial charge in [-0.15, -0.1) is 0 Å². The molecule has 1 amide bonds. The van der Waals surface area contributed by atoms with Crippen molar-refractivity contribution in [2.75, 3.05) is 33.5 Å². The van der Waals surface area contributed by atoms with Gasteiger partial charge in [0.25, 0.3) is 5.91 Å². The van der Waals surface area contributed by atoms with Gasteiger partial charge in [0.15, 0.2) is 16.9 Å². The van der Waals surface area contributed by atoms with Crippen LogP contribution in [-0.4, -0.2) is 44.3 Å². The van der Waals surface area contributed by atoms with Gasteiger partial charge in [0.2, 0.25) is 5.76 Å². The largest absolute Gasteiger partial charge is 0.490 e. The van der Waals surface area contributed by atoms with Gasteiger partial charge in [-0.05, 0) is 36.8 Å². The summed E-state index contributed by atoms with van der Waals surface area (Å²) in [6.45, 7) is 6.95. The normalized spacial score (nSPS) is 15.1. The summed E-state index contributed by atoms with van der Waals surface area (Å²) in [5.41, 5.74) is 1.22. The molecule has 0 aliphatic carbocycles. The van der Waals surface area contributed by atoms with E-state index < -0.39 is 6.04 Å². The van der Waals surface area contributed by atoms with Gasteiger partial charge < -0.3 is 23.5 Å². The van der Waals surface area contributed by atoms with Gasteiger partial charge >= 0.3 is 0 Å². The van der Waals surface area contributed by atoms with Crippen LogP contribution in [0.1, 0.15) is 34.6 Å². The maximum atomic E-state index is 13.5. The Labute approximate surface area is 185 Å². The van der Waals surface area contributed by atoms with Crippen LogP contribution in [0.4, 0.5) is 0 Å². The summed E-state index contributed by atoms with van der Waals surface area (Å²) in [7, 11) is 1.57. The monoisotopic (exact) mass is 435 g/mol. The second-order valence-electron chi connectivity index (χ2n) is 7.30. The number of carbonyl (C=O) groups is 1. The summed E-state index contributed by atoms with van der Waals surface area (Å²) >= 11 is 0. The molecular formula is C25H25NO6. The molecular weight excluding hydrogens is 410 g/mol. The first-order chi connectivity index (χ1) is 15.6. The van der Waals surface area contributed by atoms with E-state index in [9.17, 15) is 9.59 Å². The SMILES string of the molecule is C=CCOc1ccc(C2c3c(oc4ccccc4c3=O)C(=O)N2CCOC)cc1OCC. The zero-order valence-electron chi connectivity index (χ0n) is 18.1. The Morgan fingerprint density at radius 3 is 2.69 bits per heavy atom. The molecule has 1 aliphatic rings. The van der Waals surface area contributed by atoms with Crippen molar-refractivity contribution >= 4 is 16.9 Å². The maximum absolute atomic E-state index is 13.5. The number of rotatable bonds is 9. The molecule has 0 N–H and O–H groups in total. The minimum absolute atomic E-state index is 0.0692. The number of nitrogens with zero attached hydrogens (tertiary/aromatic N) is 1. The molecule has 1 atom stereocenters. The van der Waals surface area contributed by atoms with Gasteiger partial charge in [0, 0.05) is 13.7 Å². The minimum Gasteiger partial charge on any atom is -0.490 e. The third-order valence-corrected chi connectivity index (χ3v) is 5.35. The lowest BCUT2D eigenvalue weighted by Crippen LogP contribution is -2.32. The number of carbonyl (C=O) groups excluding carboxylic acids is 1. The highest BCUT2D eigenvalue weighted by molar-refractivity contribution is 5.99. The average molecular weight is 435 g/mol. The maximum Gasteiger partial charge on any atom is 0.290 e. The first-order valence-corrected chi connectivity index (χ1v) is 10.5. The first-order valence-electron chi connectivity index (χ1n) is 10.5. The lowest BCUT2D eigenvalue weighted by Gasteiger charge is -2.25. The summed E-state index contributed by atoms with van der Waals surface area (Å²) in [6.07, 6.45) is 1.65. The molecule has 166 valence electrons. The molecule has 4 rings (SSSR count). The quantitative estimate of drug-likeness (QED) is 0.474. The predicted octanol–water partition coefficient (Wildman–Crippen LogP) is 3.95. The van der Waals surface area contributed by atoms with Crippen molar-refractivity contribution < 1.29 is 23.4 Å². The van der Waals surface area contributed by atoms with Gasteiger partial charge in [0.1, 0.15) is 12.2 Å². The Hall–Kier alpha value is -3.58. The van der Waals surface area contributed by atoms with Crippen LogP contribution in [0.25, 0.3) is 11.0 Å². The molecule has 3 aromatic rings. The number of ether oxygens (including phenoxy) is 3. The van der Waals surface area contributed by atoms with Crippen LogP contribution < -0.4 is 14.9 Å². The molecule has 2 aromatic carbocycles. The van der Waals surface area contributed by atoms with Gasteiger partial charge in [-0.2, -0.15) is 0 Å². The van der Waals surface area contributed by atoms with E-state index in [4.69, 9.17) is 18.6 Å². The van der Waals surface area contributed by atoms with Gasteiger partial charge in [0.05, 0.1) is 30.2 Å². The fourth-order valence-corrected chi connectivity index (χ4v) is 3.96. The number of amides is 1. The highest BCUT2D eigenvalue weighted by atomic mass is 16.5. The van der Waals surface area contributed by atoms with Crippen molar-refractivity contribution in [2.24, 2.45) is 0 Å². The zero-order chi connectivity index (χ0) is 22.7. The lowest BCUT2D eigenvalue weighted by atomic mass is 9.98. The molecule has 0 spiro atoms. The van der Waals surface area contributed by atoms with E-state index in [0.717, 1.165) is 5.56 Å². The Kier molecular flexibility index (Phi) is 6.28. The van der Waals surface area contributed by atoms with Crippen LogP contribution in [0, 0.1) is 0 Å². The summed E-state index contributed by atoms with van der Waals surface area (Å²) in [5.74, 6) is 0.827. The fraction of sp³-hybridized carbons (Fsp3) is 0.280. The molecule has 0 fully saturated rings. The molecule has 7 nitrogen and oxygen atoms in total. The molecule has 0 saturated carbocycles. The Bertz CT molecular complexity index is 1210. The van der Waals surface area contributed by atoms with E-state index in [-0.39, 0.29) is 17.1 Å². The molecule has 0 radical (unpaired) electrons. The van der Waals surface area contributed by atoms with Crippen LogP contribution in [0.3, 0.4) is 0 Å². The molecule has 32 heavy (non-hydrogen) atoms. The number of hydrogen-bond donors (Lipinski definition) is 0. The van der Waals surface area contributed by atoms with Crippen molar-refractivity contribution in [3.8, 4) is 11.5 Å². The highest BCUT2D eigenvalue weighted by Gasteiger charge is 2.42. The molecule has 0 saturated heterocycles. The summed E-state index contributed by atoms with van der Waals surface area (Å²) in [6, 6.07) is 11.7. The van der Waals surface area contributed by atoms with Crippen LogP contribution >= 0.6 is 0 Å². The fourth-order valence-electron chi connectivity index (χ4n) is 3.96. The molecule has 7 heteroatoms. The number of hydrogen-bond acceptors (Lipinski definition) is 6. The predicted molar refractivity (Wildman–Crippen MR) is 121 cm³/mol. The molecule has 1 aliphatic heterocycles. The Morgan fingerprint density at radius 2 is 1.94 bits per heavy atom. The van der Waals surface area contributed by atoms with Crippen molar-refractivity contribution in [1.82, 2.24) is 4.90 Å². The summed E-state index contributed by atoms with van der Waals surface area (Å²) < 4.78 is 22.6. The third-order valence-electron chi connectivity index (χ3n) is 5.35. The van der Waals surface area contributed by atoms with Gasteiger partial charge in [-0.25, -0.2) is 0 Å². The zero-order valence-corrected chi connectivity index (χ0v) is 18.1. The Morgan fingerprint density at radius 1 is 1.12 bits per heavy atom. The minimum atomic E-state index is -0.624. The number of methoxy groups -OCH3 is 1. The van der Waals surface area contributed by atoms with Crippen molar-refractivity contribution in [3.63, 3.8) is 0 Å². The molecule has 1 unspecified atom stereocenters. The van der Waals surface area contributed by atoms with Gasteiger partial charge in [-0.3, -0.25) is 9.59 Å². The van der Waals surface area contributed by atoms with Crippen molar-refractivity contribution in [3.05, 3.63) is 82.2 Å². The average Bonchev–Trinajstić information content (AvgIpc) is 3.09. The van der Waals surface area contributed by atoms with E-state index in [1.165, 1.54) is 0 Å². The number of fused-ring (bicyclic) bond motifs is 2. The standard InChI is InChI=1S/C25H25NO6/c1-4-13-31-19-11-10-16(15-20(19)30-5-2)22-21-23(27)17-8-6-7-9-18(17)32-24(21)25(28)26(22)12-14-29-3/h4,6-11,15,22H,1,5,12-14H2,2-3H3. The third kappa shape index (κ3) is 3.76. The van der Waals surface area contributed by atoms with Crippen LogP contribution in [0.15, 0.2) is 64.3 Å².